The lowest BCUT2D eigenvalue weighted by Gasteiger charge is -1.57. The van der Waals surface area contributed by atoms with Crippen LogP contribution in [0.5, 0.6) is 0 Å². The topological polar surface area (TPSA) is 0 Å². The first-order valence-corrected chi connectivity index (χ1v) is 4.06. The molecular weight excluding hydrogens is 132 g/mol. The summed E-state index contributed by atoms with van der Waals surface area (Å²) in [5, 5.41) is 0. The molecule has 0 spiro atoms. The fourth-order valence-corrected chi connectivity index (χ4v) is 0.192. The molecule has 0 N–H and O–H groups in total. The lowest BCUT2D eigenvalue weighted by Crippen LogP contribution is -1.35. The molecule has 0 aromatic carbocycles. The van der Waals surface area contributed by atoms with Gasteiger partial charge in [0.1, 0.15) is 0 Å². The normalized spacial score (nSPS) is 4.73. The third kappa shape index (κ3) is 49.0. The van der Waals surface area contributed by atoms with Gasteiger partial charge in [-0.15, -0.1) is 5.73 Å². The highest BCUT2D eigenvalue weighted by Gasteiger charge is 1.46. The van der Waals surface area contributed by atoms with E-state index in [9.17, 15) is 0 Å². The Balaban J connectivity index is -0.000000138. The van der Waals surface area contributed by atoms with E-state index in [-0.39, 0.29) is 0 Å². The second kappa shape index (κ2) is 36.0. The van der Waals surface area contributed by atoms with Gasteiger partial charge < -0.3 is 0 Å². The number of allylic oxidation sites excluding steroid dienone is 3. The monoisotopic (exact) mass is 152 g/mol. The third-order valence-corrected chi connectivity index (χ3v) is 0.428. The van der Waals surface area contributed by atoms with Gasteiger partial charge in [-0.3, -0.25) is 0 Å². The molecule has 0 saturated carbocycles. The maximum absolute atomic E-state index is 3.46. The van der Waals surface area contributed by atoms with E-state index in [2.05, 4.69) is 18.9 Å². The minimum atomic E-state index is 1.67. The minimum absolute atomic E-state index is 1.67. The zero-order valence-electron chi connectivity index (χ0n) is 8.22. The number of hydrogen-bond acceptors (Lipinski definition) is 0. The van der Waals surface area contributed by atoms with Crippen LogP contribution in [0.25, 0.3) is 0 Å². The van der Waals surface area contributed by atoms with Crippen molar-refractivity contribution in [3.05, 3.63) is 43.2 Å². The molecule has 0 fully saturated rings. The SMILES string of the molecule is C=CC=C=CC=C.CC.CC. The average molecular weight is 152 g/mol. The van der Waals surface area contributed by atoms with Crippen molar-refractivity contribution < 1.29 is 0 Å². The fraction of sp³-hybridized carbons (Fsp3) is 0.364. The summed E-state index contributed by atoms with van der Waals surface area (Å²) in [5.41, 5.74) is 2.80. The first kappa shape index (κ1) is 16.5. The third-order valence-electron chi connectivity index (χ3n) is 0.428. The van der Waals surface area contributed by atoms with Gasteiger partial charge in [0.25, 0.3) is 0 Å². The molecule has 0 rings (SSSR count). The maximum atomic E-state index is 3.46. The van der Waals surface area contributed by atoms with Gasteiger partial charge >= 0.3 is 0 Å². The average Bonchev–Trinajstić information content (AvgIpc) is 2.13. The molecule has 11 heavy (non-hydrogen) atoms. The van der Waals surface area contributed by atoms with Crippen molar-refractivity contribution in [3.8, 4) is 0 Å². The second-order valence-electron chi connectivity index (χ2n) is 0.971. The summed E-state index contributed by atoms with van der Waals surface area (Å²) in [5.74, 6) is 0. The standard InChI is InChI=1S/C7H8.2C2H6/c1-3-5-7-6-4-2;2*1-2/h3-6H,1-2H2;2*1-2H3. The first-order chi connectivity index (χ1) is 5.41. The van der Waals surface area contributed by atoms with Crippen LogP contribution in [0.15, 0.2) is 43.2 Å². The van der Waals surface area contributed by atoms with Crippen LogP contribution in [0.4, 0.5) is 0 Å². The van der Waals surface area contributed by atoms with E-state index in [4.69, 9.17) is 0 Å². The Hall–Kier alpha value is -1.00. The van der Waals surface area contributed by atoms with Crippen LogP contribution in [0.1, 0.15) is 27.7 Å². The van der Waals surface area contributed by atoms with Crippen LogP contribution in [0.2, 0.25) is 0 Å². The molecule has 0 nitrogen and oxygen atoms in total. The summed E-state index contributed by atoms with van der Waals surface area (Å²) >= 11 is 0. The van der Waals surface area contributed by atoms with Gasteiger partial charge in [0.15, 0.2) is 0 Å². The Kier molecular flexibility index (Phi) is 54.1. The van der Waals surface area contributed by atoms with Crippen molar-refractivity contribution in [2.45, 2.75) is 27.7 Å². The van der Waals surface area contributed by atoms with E-state index in [0.717, 1.165) is 0 Å². The zero-order valence-corrected chi connectivity index (χ0v) is 8.22. The van der Waals surface area contributed by atoms with Crippen molar-refractivity contribution in [1.29, 1.82) is 0 Å². The Morgan fingerprint density at radius 1 is 0.818 bits per heavy atom. The van der Waals surface area contributed by atoms with Crippen molar-refractivity contribution in [2.24, 2.45) is 0 Å². The van der Waals surface area contributed by atoms with E-state index in [1.807, 2.05) is 27.7 Å². The molecule has 0 aliphatic carbocycles. The highest BCUT2D eigenvalue weighted by molar-refractivity contribution is 5.03. The summed E-state index contributed by atoms with van der Waals surface area (Å²) in [6.45, 7) is 14.9. The molecule has 0 bridgehead atoms. The Morgan fingerprint density at radius 3 is 1.27 bits per heavy atom. The minimum Gasteiger partial charge on any atom is -0.121 e. The maximum Gasteiger partial charge on any atom is -0.0206 e. The predicted molar refractivity (Wildman–Crippen MR) is 55.7 cm³/mol. The van der Waals surface area contributed by atoms with Crippen LogP contribution in [-0.2, 0) is 0 Å². The van der Waals surface area contributed by atoms with Gasteiger partial charge in [-0.1, -0.05) is 53.0 Å². The van der Waals surface area contributed by atoms with Crippen molar-refractivity contribution >= 4 is 0 Å². The van der Waals surface area contributed by atoms with Crippen molar-refractivity contribution in [1.82, 2.24) is 0 Å². The zero-order chi connectivity index (χ0) is 9.54. The van der Waals surface area contributed by atoms with Gasteiger partial charge in [-0.25, -0.2) is 0 Å². The van der Waals surface area contributed by atoms with E-state index in [1.54, 1.807) is 24.3 Å². The van der Waals surface area contributed by atoms with Gasteiger partial charge in [-0.2, -0.15) is 0 Å². The lowest BCUT2D eigenvalue weighted by molar-refractivity contribution is 1.50. The molecule has 0 radical (unpaired) electrons. The van der Waals surface area contributed by atoms with E-state index < -0.39 is 0 Å². The van der Waals surface area contributed by atoms with Gasteiger partial charge in [0.2, 0.25) is 0 Å². The molecule has 64 valence electrons. The molecule has 0 saturated heterocycles. The predicted octanol–water partition coefficient (Wildman–Crippen LogP) is 4.12. The quantitative estimate of drug-likeness (QED) is 0.412. The Morgan fingerprint density at radius 2 is 1.09 bits per heavy atom. The molecule has 0 heterocycles. The largest absolute Gasteiger partial charge is 0.121 e. The molecule has 0 amide bonds. The molecule has 0 heteroatoms. The Bertz CT molecular complexity index is 100. The summed E-state index contributed by atoms with van der Waals surface area (Å²) in [7, 11) is 0. The molecule has 0 aromatic heterocycles. The molecular formula is C11H20. The molecule has 0 unspecified atom stereocenters. The van der Waals surface area contributed by atoms with Crippen LogP contribution >= 0.6 is 0 Å². The molecule has 0 aromatic rings. The molecule has 0 aliphatic heterocycles. The summed E-state index contributed by atoms with van der Waals surface area (Å²) in [6, 6.07) is 0. The highest BCUT2D eigenvalue weighted by Crippen LogP contribution is 1.67. The second-order valence-corrected chi connectivity index (χ2v) is 0.971. The van der Waals surface area contributed by atoms with Crippen molar-refractivity contribution in [2.75, 3.05) is 0 Å². The van der Waals surface area contributed by atoms with Crippen LogP contribution in [0.3, 0.4) is 0 Å². The van der Waals surface area contributed by atoms with Crippen molar-refractivity contribution in [3.63, 3.8) is 0 Å². The molecule has 0 atom stereocenters. The summed E-state index contributed by atoms with van der Waals surface area (Å²) in [6.07, 6.45) is 6.78. The van der Waals surface area contributed by atoms with Crippen LogP contribution < -0.4 is 0 Å². The van der Waals surface area contributed by atoms with E-state index in [1.165, 1.54) is 0 Å². The lowest BCUT2D eigenvalue weighted by atomic mass is 10.5. The highest BCUT2D eigenvalue weighted by atomic mass is 13.5. The fourth-order valence-electron chi connectivity index (χ4n) is 0.192. The number of hydrogen-bond donors (Lipinski definition) is 0. The summed E-state index contributed by atoms with van der Waals surface area (Å²) < 4.78 is 0. The van der Waals surface area contributed by atoms with Gasteiger partial charge in [0.05, 0.1) is 0 Å². The smallest absolute Gasteiger partial charge is 0.0206 e. The van der Waals surface area contributed by atoms with Gasteiger partial charge in [-0.05, 0) is 12.2 Å². The van der Waals surface area contributed by atoms with E-state index >= 15 is 0 Å². The first-order valence-electron chi connectivity index (χ1n) is 4.06. The van der Waals surface area contributed by atoms with E-state index in [0.29, 0.717) is 0 Å². The summed E-state index contributed by atoms with van der Waals surface area (Å²) in [4.78, 5) is 0. The van der Waals surface area contributed by atoms with Crippen LogP contribution in [-0.4, -0.2) is 0 Å². The number of rotatable bonds is 2. The molecule has 0 aliphatic rings. The van der Waals surface area contributed by atoms with Crippen LogP contribution in [0, 0.1) is 0 Å². The van der Waals surface area contributed by atoms with Gasteiger partial charge in [0, 0.05) is 0 Å². The Labute approximate surface area is 71.6 Å².